The smallest absolute Gasteiger partial charge is 0.336 e. The van der Waals surface area contributed by atoms with Crippen molar-refractivity contribution in [1.82, 2.24) is 9.97 Å². The Kier molecular flexibility index (Phi) is 3.18. The number of carboxylic acids is 1. The highest BCUT2D eigenvalue weighted by Gasteiger charge is 2.13. The number of thiophene rings is 1. The van der Waals surface area contributed by atoms with Crippen molar-refractivity contribution >= 4 is 39.3 Å². The minimum Gasteiger partial charge on any atom is -0.478 e. The van der Waals surface area contributed by atoms with Gasteiger partial charge in [0.2, 0.25) is 0 Å². The third kappa shape index (κ3) is 2.32. The van der Waals surface area contributed by atoms with E-state index >= 15 is 0 Å². The molecule has 4 nitrogen and oxygen atoms in total. The summed E-state index contributed by atoms with van der Waals surface area (Å²) in [6, 6.07) is 8.85. The molecule has 3 aromatic rings. The molecule has 0 radical (unpaired) electrons. The van der Waals surface area contributed by atoms with Crippen LogP contribution in [-0.2, 0) is 0 Å². The summed E-state index contributed by atoms with van der Waals surface area (Å²) in [7, 11) is 0. The van der Waals surface area contributed by atoms with Gasteiger partial charge in [-0.3, -0.25) is 0 Å². The van der Waals surface area contributed by atoms with Crippen LogP contribution in [0.1, 0.15) is 10.4 Å². The Morgan fingerprint density at radius 2 is 2.05 bits per heavy atom. The van der Waals surface area contributed by atoms with Crippen LogP contribution in [0.25, 0.3) is 10.2 Å². The quantitative estimate of drug-likeness (QED) is 0.747. The second-order valence-electron chi connectivity index (χ2n) is 3.72. The molecule has 2 aromatic heterocycles. The minimum atomic E-state index is -0.931. The SMILES string of the molecule is O=C(O)c1ccccc1Sc1ncnc2ccsc12. The highest BCUT2D eigenvalue weighted by Crippen LogP contribution is 2.35. The molecule has 3 rings (SSSR count). The van der Waals surface area contributed by atoms with Gasteiger partial charge in [-0.2, -0.15) is 0 Å². The van der Waals surface area contributed by atoms with Gasteiger partial charge in [0.15, 0.2) is 0 Å². The maximum absolute atomic E-state index is 11.2. The molecule has 1 aromatic carbocycles. The van der Waals surface area contributed by atoms with Gasteiger partial charge in [0, 0.05) is 4.90 Å². The molecule has 0 aliphatic rings. The van der Waals surface area contributed by atoms with Crippen LogP contribution in [0.15, 0.2) is 52.0 Å². The third-order valence-corrected chi connectivity index (χ3v) is 4.65. The molecule has 0 bridgehead atoms. The van der Waals surface area contributed by atoms with Crippen molar-refractivity contribution in [2.24, 2.45) is 0 Å². The lowest BCUT2D eigenvalue weighted by Gasteiger charge is -2.05. The Balaban J connectivity index is 2.06. The van der Waals surface area contributed by atoms with Crippen molar-refractivity contribution in [3.8, 4) is 0 Å². The number of fused-ring (bicyclic) bond motifs is 1. The number of carboxylic acid groups (broad SMARTS) is 1. The van der Waals surface area contributed by atoms with Crippen LogP contribution in [0.3, 0.4) is 0 Å². The molecule has 0 aliphatic carbocycles. The molecule has 0 atom stereocenters. The summed E-state index contributed by atoms with van der Waals surface area (Å²) in [6.45, 7) is 0. The Morgan fingerprint density at radius 3 is 2.89 bits per heavy atom. The van der Waals surface area contributed by atoms with Gasteiger partial charge in [0.25, 0.3) is 0 Å². The van der Waals surface area contributed by atoms with Crippen molar-refractivity contribution in [1.29, 1.82) is 0 Å². The largest absolute Gasteiger partial charge is 0.478 e. The summed E-state index contributed by atoms with van der Waals surface area (Å²) in [5, 5.41) is 11.9. The predicted molar refractivity (Wildman–Crippen MR) is 74.9 cm³/mol. The van der Waals surface area contributed by atoms with E-state index in [-0.39, 0.29) is 5.56 Å². The van der Waals surface area contributed by atoms with E-state index in [2.05, 4.69) is 9.97 Å². The molecule has 2 heterocycles. The lowest BCUT2D eigenvalue weighted by Crippen LogP contribution is -1.98. The maximum atomic E-state index is 11.2. The Morgan fingerprint density at radius 1 is 1.21 bits per heavy atom. The normalized spacial score (nSPS) is 10.7. The second-order valence-corrected chi connectivity index (χ2v) is 5.66. The summed E-state index contributed by atoms with van der Waals surface area (Å²) < 4.78 is 0.979. The molecular weight excluding hydrogens is 280 g/mol. The fourth-order valence-corrected chi connectivity index (χ4v) is 3.59. The highest BCUT2D eigenvalue weighted by atomic mass is 32.2. The van der Waals surface area contributed by atoms with Gasteiger partial charge in [-0.15, -0.1) is 11.3 Å². The Labute approximate surface area is 117 Å². The van der Waals surface area contributed by atoms with Crippen molar-refractivity contribution in [3.63, 3.8) is 0 Å². The van der Waals surface area contributed by atoms with Crippen molar-refractivity contribution in [2.75, 3.05) is 0 Å². The number of benzene rings is 1. The number of carbonyl (C=O) groups is 1. The van der Waals surface area contributed by atoms with Gasteiger partial charge in [0.1, 0.15) is 11.4 Å². The van der Waals surface area contributed by atoms with E-state index in [9.17, 15) is 9.90 Å². The van der Waals surface area contributed by atoms with Crippen molar-refractivity contribution in [3.05, 3.63) is 47.6 Å². The molecule has 0 aliphatic heterocycles. The zero-order valence-corrected chi connectivity index (χ0v) is 11.2. The average molecular weight is 288 g/mol. The van der Waals surface area contributed by atoms with Crippen molar-refractivity contribution in [2.45, 2.75) is 9.92 Å². The zero-order valence-electron chi connectivity index (χ0n) is 9.61. The summed E-state index contributed by atoms with van der Waals surface area (Å²) in [4.78, 5) is 20.3. The minimum absolute atomic E-state index is 0.288. The second kappa shape index (κ2) is 4.99. The number of hydrogen-bond acceptors (Lipinski definition) is 5. The van der Waals surface area contributed by atoms with E-state index in [1.807, 2.05) is 17.5 Å². The van der Waals surface area contributed by atoms with Crippen LogP contribution < -0.4 is 0 Å². The summed E-state index contributed by atoms with van der Waals surface area (Å²) >= 11 is 2.91. The number of nitrogens with zero attached hydrogens (tertiary/aromatic N) is 2. The van der Waals surface area contributed by atoms with E-state index in [1.54, 1.807) is 29.5 Å². The molecule has 0 fully saturated rings. The topological polar surface area (TPSA) is 63.1 Å². The molecule has 94 valence electrons. The van der Waals surface area contributed by atoms with Crippen LogP contribution >= 0.6 is 23.1 Å². The van der Waals surface area contributed by atoms with Gasteiger partial charge < -0.3 is 5.11 Å². The lowest BCUT2D eigenvalue weighted by atomic mass is 10.2. The first kappa shape index (κ1) is 12.1. The number of rotatable bonds is 3. The standard InChI is InChI=1S/C13H8N2O2S2/c16-13(17)8-3-1-2-4-10(8)19-12-11-9(5-6-18-11)14-7-15-12/h1-7H,(H,16,17). The maximum Gasteiger partial charge on any atom is 0.336 e. The molecule has 19 heavy (non-hydrogen) atoms. The molecular formula is C13H8N2O2S2. The fraction of sp³-hybridized carbons (Fsp3) is 0. The molecule has 6 heteroatoms. The van der Waals surface area contributed by atoms with Crippen LogP contribution in [0, 0.1) is 0 Å². The number of aromatic carboxylic acids is 1. The van der Waals surface area contributed by atoms with Crippen LogP contribution in [0.5, 0.6) is 0 Å². The van der Waals surface area contributed by atoms with E-state index in [1.165, 1.54) is 18.1 Å². The van der Waals surface area contributed by atoms with E-state index in [0.29, 0.717) is 4.90 Å². The zero-order chi connectivity index (χ0) is 13.2. The first-order chi connectivity index (χ1) is 9.25. The fourth-order valence-electron chi connectivity index (χ4n) is 1.68. The Hall–Kier alpha value is -1.92. The van der Waals surface area contributed by atoms with Gasteiger partial charge in [-0.05, 0) is 23.6 Å². The Bertz CT molecular complexity index is 755. The van der Waals surface area contributed by atoms with Crippen molar-refractivity contribution < 1.29 is 9.90 Å². The summed E-state index contributed by atoms with van der Waals surface area (Å²) in [6.07, 6.45) is 1.50. The first-order valence-electron chi connectivity index (χ1n) is 5.44. The summed E-state index contributed by atoms with van der Waals surface area (Å²) in [5.41, 5.74) is 1.17. The van der Waals surface area contributed by atoms with E-state index in [4.69, 9.17) is 0 Å². The molecule has 0 spiro atoms. The number of aromatic nitrogens is 2. The van der Waals surface area contributed by atoms with Gasteiger partial charge in [0.05, 0.1) is 15.8 Å². The third-order valence-electron chi connectivity index (χ3n) is 2.53. The van der Waals surface area contributed by atoms with Crippen LogP contribution in [-0.4, -0.2) is 21.0 Å². The predicted octanol–water partition coefficient (Wildman–Crippen LogP) is 3.54. The van der Waals surface area contributed by atoms with Crippen LogP contribution in [0.4, 0.5) is 0 Å². The molecule has 0 saturated heterocycles. The van der Waals surface area contributed by atoms with E-state index in [0.717, 1.165) is 15.2 Å². The van der Waals surface area contributed by atoms with Gasteiger partial charge >= 0.3 is 5.97 Å². The molecule has 0 saturated carbocycles. The highest BCUT2D eigenvalue weighted by molar-refractivity contribution is 7.99. The van der Waals surface area contributed by atoms with Crippen LogP contribution in [0.2, 0.25) is 0 Å². The summed E-state index contributed by atoms with van der Waals surface area (Å²) in [5.74, 6) is -0.931. The number of hydrogen-bond donors (Lipinski definition) is 1. The average Bonchev–Trinajstić information content (AvgIpc) is 2.88. The monoisotopic (exact) mass is 288 g/mol. The van der Waals surface area contributed by atoms with Gasteiger partial charge in [-0.1, -0.05) is 23.9 Å². The first-order valence-corrected chi connectivity index (χ1v) is 7.13. The van der Waals surface area contributed by atoms with Gasteiger partial charge in [-0.25, -0.2) is 14.8 Å². The lowest BCUT2D eigenvalue weighted by molar-refractivity contribution is 0.0693. The van der Waals surface area contributed by atoms with E-state index < -0.39 is 5.97 Å². The molecule has 1 N–H and O–H groups in total. The molecule has 0 amide bonds. The molecule has 0 unspecified atom stereocenters.